The van der Waals surface area contributed by atoms with Gasteiger partial charge < -0.3 is 25.2 Å². The molecule has 0 radical (unpaired) electrons. The number of nitrogens with two attached hydrogens (primary N) is 1. The molecule has 1 amide bonds. The van der Waals surface area contributed by atoms with Crippen LogP contribution in [0, 0.1) is 11.7 Å². The van der Waals surface area contributed by atoms with Crippen LogP contribution in [0.15, 0.2) is 23.1 Å². The molecule has 4 rings (SSSR count). The minimum absolute atomic E-state index is 0.0401. The summed E-state index contributed by atoms with van der Waals surface area (Å²) in [5.41, 5.74) is 5.85. The molecule has 1 saturated carbocycles. The van der Waals surface area contributed by atoms with E-state index in [4.69, 9.17) is 5.73 Å². The van der Waals surface area contributed by atoms with Crippen LogP contribution in [0.4, 0.5) is 10.1 Å². The lowest BCUT2D eigenvalue weighted by Gasteiger charge is -2.37. The SMILES string of the molecule is CC(C)C(N)C(=O)N1CCN(c2cc3c(cc2F)c(=O)c(C(=O)O)cn3C2CC2)CC1. The number of carboxylic acids is 1. The first-order valence-electron chi connectivity index (χ1n) is 10.6. The Balaban J connectivity index is 1.65. The first kappa shape index (κ1) is 21.3. The number of pyridine rings is 1. The van der Waals surface area contributed by atoms with Crippen molar-refractivity contribution < 1.29 is 19.1 Å². The molecule has 1 aliphatic heterocycles. The van der Waals surface area contributed by atoms with Crippen LogP contribution in [0.3, 0.4) is 0 Å². The van der Waals surface area contributed by atoms with Gasteiger partial charge in [0.15, 0.2) is 0 Å². The molecule has 1 aromatic heterocycles. The van der Waals surface area contributed by atoms with Gasteiger partial charge in [-0.05, 0) is 30.9 Å². The molecule has 166 valence electrons. The highest BCUT2D eigenvalue weighted by molar-refractivity contribution is 5.93. The summed E-state index contributed by atoms with van der Waals surface area (Å²) in [5, 5.41) is 9.44. The molecule has 2 aliphatic rings. The van der Waals surface area contributed by atoms with Crippen LogP contribution in [0.2, 0.25) is 0 Å². The number of hydrogen-bond acceptors (Lipinski definition) is 5. The summed E-state index contributed by atoms with van der Waals surface area (Å²) in [6.07, 6.45) is 3.15. The first-order chi connectivity index (χ1) is 14.7. The maximum absolute atomic E-state index is 15.0. The fraction of sp³-hybridized carbons (Fsp3) is 0.500. The van der Waals surface area contributed by atoms with Gasteiger partial charge in [0.2, 0.25) is 11.3 Å². The van der Waals surface area contributed by atoms with Crippen molar-refractivity contribution in [2.45, 2.75) is 38.8 Å². The Morgan fingerprint density at radius 3 is 2.35 bits per heavy atom. The zero-order valence-corrected chi connectivity index (χ0v) is 17.7. The average Bonchev–Trinajstić information content (AvgIpc) is 3.58. The number of nitrogens with zero attached hydrogens (tertiary/aromatic N) is 3. The predicted molar refractivity (Wildman–Crippen MR) is 115 cm³/mol. The number of amides is 1. The average molecular weight is 430 g/mol. The number of rotatable bonds is 5. The van der Waals surface area contributed by atoms with Crippen LogP contribution in [0.5, 0.6) is 0 Å². The number of carbonyl (C=O) groups is 2. The van der Waals surface area contributed by atoms with Gasteiger partial charge in [0.25, 0.3) is 0 Å². The Morgan fingerprint density at radius 1 is 1.16 bits per heavy atom. The lowest BCUT2D eigenvalue weighted by atomic mass is 10.0. The Hall–Kier alpha value is -2.94. The smallest absolute Gasteiger partial charge is 0.341 e. The van der Waals surface area contributed by atoms with E-state index in [0.29, 0.717) is 37.4 Å². The number of aromatic carboxylic acids is 1. The van der Waals surface area contributed by atoms with Crippen LogP contribution in [0.25, 0.3) is 10.9 Å². The van der Waals surface area contributed by atoms with Gasteiger partial charge in [-0.2, -0.15) is 0 Å². The molecule has 1 aromatic carbocycles. The van der Waals surface area contributed by atoms with Gasteiger partial charge in [-0.1, -0.05) is 13.8 Å². The standard InChI is InChI=1S/C22H27FN4O4/c1-12(2)19(24)21(29)26-7-5-25(6-8-26)18-10-17-14(9-16(18)23)20(28)15(22(30)31)11-27(17)13-3-4-13/h9-13,19H,3-8,24H2,1-2H3,(H,30,31). The summed E-state index contributed by atoms with van der Waals surface area (Å²) in [7, 11) is 0. The minimum Gasteiger partial charge on any atom is -0.477 e. The van der Waals surface area contributed by atoms with E-state index < -0.39 is 23.3 Å². The molecular formula is C22H27FN4O4. The Labute approximate surface area is 179 Å². The van der Waals surface area contributed by atoms with Gasteiger partial charge in [-0.25, -0.2) is 9.18 Å². The van der Waals surface area contributed by atoms with Crippen molar-refractivity contribution in [1.29, 1.82) is 0 Å². The molecule has 2 aromatic rings. The van der Waals surface area contributed by atoms with E-state index in [0.717, 1.165) is 18.9 Å². The number of aromatic nitrogens is 1. The third-order valence-electron chi connectivity index (χ3n) is 6.21. The molecule has 1 atom stereocenters. The van der Waals surface area contributed by atoms with Gasteiger partial charge in [0.1, 0.15) is 11.4 Å². The normalized spacial score (nSPS) is 18.0. The van der Waals surface area contributed by atoms with E-state index in [1.807, 2.05) is 18.7 Å². The summed E-state index contributed by atoms with van der Waals surface area (Å²) in [4.78, 5) is 40.1. The molecule has 0 spiro atoms. The van der Waals surface area contributed by atoms with E-state index in [-0.39, 0.29) is 28.8 Å². The lowest BCUT2D eigenvalue weighted by molar-refractivity contribution is -0.133. The number of carbonyl (C=O) groups excluding carboxylic acids is 1. The van der Waals surface area contributed by atoms with E-state index in [9.17, 15) is 19.5 Å². The first-order valence-corrected chi connectivity index (χ1v) is 10.6. The molecule has 9 heteroatoms. The Morgan fingerprint density at radius 2 is 1.81 bits per heavy atom. The summed E-state index contributed by atoms with van der Waals surface area (Å²) >= 11 is 0. The van der Waals surface area contributed by atoms with Crippen molar-refractivity contribution in [3.05, 3.63) is 39.9 Å². The van der Waals surface area contributed by atoms with Crippen LogP contribution in [-0.2, 0) is 4.79 Å². The number of piperazine rings is 1. The number of halogens is 1. The molecule has 3 N–H and O–H groups in total. The summed E-state index contributed by atoms with van der Waals surface area (Å²) in [6, 6.07) is 2.34. The second-order valence-electron chi connectivity index (χ2n) is 8.72. The van der Waals surface area contributed by atoms with E-state index in [1.54, 1.807) is 15.5 Å². The van der Waals surface area contributed by atoms with Crippen LogP contribution < -0.4 is 16.1 Å². The summed E-state index contributed by atoms with van der Waals surface area (Å²) in [6.45, 7) is 5.56. The molecular weight excluding hydrogens is 403 g/mol. The molecule has 2 heterocycles. The predicted octanol–water partition coefficient (Wildman–Crippen LogP) is 1.81. The number of carboxylic acid groups (broad SMARTS) is 1. The van der Waals surface area contributed by atoms with Gasteiger partial charge >= 0.3 is 5.97 Å². The molecule has 1 unspecified atom stereocenters. The maximum atomic E-state index is 15.0. The molecule has 8 nitrogen and oxygen atoms in total. The van der Waals surface area contributed by atoms with E-state index in [2.05, 4.69) is 0 Å². The number of fused-ring (bicyclic) bond motifs is 1. The monoisotopic (exact) mass is 430 g/mol. The molecule has 2 fully saturated rings. The third kappa shape index (κ3) is 3.89. The zero-order chi connectivity index (χ0) is 22.4. The second-order valence-corrected chi connectivity index (χ2v) is 8.72. The highest BCUT2D eigenvalue weighted by Crippen LogP contribution is 2.38. The van der Waals surface area contributed by atoms with Gasteiger partial charge in [-0.15, -0.1) is 0 Å². The largest absolute Gasteiger partial charge is 0.477 e. The Bertz CT molecular complexity index is 1100. The van der Waals surface area contributed by atoms with Crippen LogP contribution in [0.1, 0.15) is 43.1 Å². The number of anilines is 1. The zero-order valence-electron chi connectivity index (χ0n) is 17.7. The van der Waals surface area contributed by atoms with Gasteiger partial charge in [-0.3, -0.25) is 9.59 Å². The van der Waals surface area contributed by atoms with E-state index >= 15 is 4.39 Å². The topological polar surface area (TPSA) is 109 Å². The van der Waals surface area contributed by atoms with Gasteiger partial charge in [0.05, 0.1) is 17.2 Å². The summed E-state index contributed by atoms with van der Waals surface area (Å²) in [5.74, 6) is -1.95. The highest BCUT2D eigenvalue weighted by atomic mass is 19.1. The summed E-state index contributed by atoms with van der Waals surface area (Å²) < 4.78 is 16.8. The minimum atomic E-state index is -1.31. The Kier molecular flexibility index (Phi) is 5.47. The van der Waals surface area contributed by atoms with Crippen molar-refractivity contribution in [2.24, 2.45) is 11.7 Å². The van der Waals surface area contributed by atoms with Crippen molar-refractivity contribution in [1.82, 2.24) is 9.47 Å². The van der Waals surface area contributed by atoms with Crippen LogP contribution >= 0.6 is 0 Å². The van der Waals surface area contributed by atoms with Crippen molar-refractivity contribution in [3.63, 3.8) is 0 Å². The quantitative estimate of drug-likeness (QED) is 0.749. The van der Waals surface area contributed by atoms with Gasteiger partial charge in [0, 0.05) is 43.8 Å². The number of hydrogen-bond donors (Lipinski definition) is 2. The van der Waals surface area contributed by atoms with Crippen molar-refractivity contribution in [3.8, 4) is 0 Å². The maximum Gasteiger partial charge on any atom is 0.341 e. The molecule has 1 saturated heterocycles. The lowest BCUT2D eigenvalue weighted by Crippen LogP contribution is -2.54. The number of benzene rings is 1. The second kappa shape index (κ2) is 7.96. The molecule has 0 bridgehead atoms. The van der Waals surface area contributed by atoms with E-state index in [1.165, 1.54) is 6.20 Å². The fourth-order valence-electron chi connectivity index (χ4n) is 4.07. The fourth-order valence-corrected chi connectivity index (χ4v) is 4.07. The van der Waals surface area contributed by atoms with Crippen LogP contribution in [-0.4, -0.2) is 58.7 Å². The van der Waals surface area contributed by atoms with Crippen molar-refractivity contribution in [2.75, 3.05) is 31.1 Å². The molecule has 31 heavy (non-hydrogen) atoms. The third-order valence-corrected chi connectivity index (χ3v) is 6.21. The van der Waals surface area contributed by atoms with Crippen molar-refractivity contribution >= 4 is 28.5 Å². The molecule has 1 aliphatic carbocycles. The highest BCUT2D eigenvalue weighted by Gasteiger charge is 2.30.